The van der Waals surface area contributed by atoms with Gasteiger partial charge in [-0.1, -0.05) is 12.1 Å². The Labute approximate surface area is 190 Å². The molecule has 1 N–H and O–H groups in total. The van der Waals surface area contributed by atoms with Crippen LogP contribution in [0.25, 0.3) is 0 Å². The summed E-state index contributed by atoms with van der Waals surface area (Å²) in [6.45, 7) is 9.22. The van der Waals surface area contributed by atoms with Gasteiger partial charge in [-0.25, -0.2) is 4.79 Å². The van der Waals surface area contributed by atoms with E-state index < -0.39 is 5.60 Å². The van der Waals surface area contributed by atoms with E-state index in [-0.39, 0.29) is 23.8 Å². The van der Waals surface area contributed by atoms with Crippen LogP contribution in [0.15, 0.2) is 18.2 Å². The molecule has 0 radical (unpaired) electrons. The lowest BCUT2D eigenvalue weighted by Gasteiger charge is -2.38. The Hall–Kier alpha value is -2.57. The Balaban J connectivity index is 1.36. The second-order valence-corrected chi connectivity index (χ2v) is 10.4. The highest BCUT2D eigenvalue weighted by molar-refractivity contribution is 6.01. The number of nitrogens with zero attached hydrogens (tertiary/aromatic N) is 2. The van der Waals surface area contributed by atoms with Gasteiger partial charge in [-0.15, -0.1) is 0 Å². The average Bonchev–Trinajstić information content (AvgIpc) is 2.73. The number of rotatable bonds is 3. The van der Waals surface area contributed by atoms with Crippen LogP contribution in [0.5, 0.6) is 0 Å². The van der Waals surface area contributed by atoms with E-state index >= 15 is 0 Å². The number of carbonyl (C=O) groups is 3. The van der Waals surface area contributed by atoms with Crippen molar-refractivity contribution in [3.05, 3.63) is 29.3 Å². The highest BCUT2D eigenvalue weighted by atomic mass is 16.6. The summed E-state index contributed by atoms with van der Waals surface area (Å²) in [6.07, 6.45) is 4.87. The monoisotopic (exact) mass is 441 g/mol. The Morgan fingerprint density at radius 1 is 1.09 bits per heavy atom. The number of hydrogen-bond donors (Lipinski definition) is 1. The van der Waals surface area contributed by atoms with Crippen LogP contribution < -0.4 is 10.2 Å². The summed E-state index contributed by atoms with van der Waals surface area (Å²) in [6, 6.07) is 6.39. The summed E-state index contributed by atoms with van der Waals surface area (Å²) in [5, 5.41) is 2.47. The molecule has 3 aliphatic rings. The van der Waals surface area contributed by atoms with Crippen LogP contribution in [0, 0.1) is 5.92 Å². The first-order chi connectivity index (χ1) is 15.2. The van der Waals surface area contributed by atoms with Crippen molar-refractivity contribution in [1.29, 1.82) is 0 Å². The van der Waals surface area contributed by atoms with Crippen LogP contribution in [0.1, 0.15) is 69.9 Å². The second kappa shape index (κ2) is 9.12. The van der Waals surface area contributed by atoms with Crippen LogP contribution in [0.3, 0.4) is 0 Å². The maximum atomic E-state index is 12.3. The molecule has 0 aliphatic carbocycles. The fourth-order valence-electron chi connectivity index (χ4n) is 5.05. The molecular formula is C25H35N3O4. The molecule has 3 aliphatic heterocycles. The first kappa shape index (κ1) is 22.6. The summed E-state index contributed by atoms with van der Waals surface area (Å²) < 4.78 is 5.51. The highest BCUT2D eigenvalue weighted by Gasteiger charge is 2.31. The fourth-order valence-corrected chi connectivity index (χ4v) is 5.05. The average molecular weight is 442 g/mol. The van der Waals surface area contributed by atoms with Crippen molar-refractivity contribution in [2.75, 3.05) is 31.1 Å². The van der Waals surface area contributed by atoms with Gasteiger partial charge in [0.2, 0.25) is 11.8 Å². The largest absolute Gasteiger partial charge is 0.444 e. The Kier molecular flexibility index (Phi) is 6.45. The minimum atomic E-state index is -0.460. The van der Waals surface area contributed by atoms with E-state index in [1.165, 1.54) is 11.3 Å². The normalized spacial score (nSPS) is 22.4. The van der Waals surface area contributed by atoms with Crippen LogP contribution in [-0.4, -0.2) is 54.6 Å². The third kappa shape index (κ3) is 5.25. The molecule has 1 atom stereocenters. The molecule has 0 aromatic heterocycles. The van der Waals surface area contributed by atoms with E-state index in [4.69, 9.17) is 4.74 Å². The molecule has 3 amide bonds. The van der Waals surface area contributed by atoms with E-state index in [0.717, 1.165) is 57.4 Å². The third-order valence-electron chi connectivity index (χ3n) is 6.70. The molecule has 0 saturated carbocycles. The number of imide groups is 1. The van der Waals surface area contributed by atoms with Gasteiger partial charge in [0.15, 0.2) is 0 Å². The molecule has 3 heterocycles. The van der Waals surface area contributed by atoms with Crippen LogP contribution in [0.4, 0.5) is 10.5 Å². The number of fused-ring (bicyclic) bond motifs is 1. The maximum absolute atomic E-state index is 12.3. The Morgan fingerprint density at radius 2 is 1.84 bits per heavy atom. The molecule has 32 heavy (non-hydrogen) atoms. The molecule has 2 fully saturated rings. The molecule has 4 rings (SSSR count). The zero-order valence-corrected chi connectivity index (χ0v) is 19.5. The Morgan fingerprint density at radius 3 is 2.53 bits per heavy atom. The topological polar surface area (TPSA) is 79.0 Å². The number of aryl methyl sites for hydroxylation is 1. The second-order valence-electron chi connectivity index (χ2n) is 10.4. The van der Waals surface area contributed by atoms with Crippen molar-refractivity contribution in [2.24, 2.45) is 5.92 Å². The number of likely N-dealkylation sites (tertiary alicyclic amines) is 1. The van der Waals surface area contributed by atoms with E-state index in [1.807, 2.05) is 25.7 Å². The summed E-state index contributed by atoms with van der Waals surface area (Å²) >= 11 is 0. The lowest BCUT2D eigenvalue weighted by molar-refractivity contribution is -0.134. The quantitative estimate of drug-likeness (QED) is 0.725. The fraction of sp³-hybridized carbons (Fsp3) is 0.640. The van der Waals surface area contributed by atoms with Gasteiger partial charge in [-0.05, 0) is 76.0 Å². The molecular weight excluding hydrogens is 406 g/mol. The SMILES string of the molecule is CC(C)(C)OC(=O)N1CCC(CN2CCCc3cc(C4CCC(=O)NC4=O)ccc32)CC1. The highest BCUT2D eigenvalue weighted by Crippen LogP contribution is 2.34. The molecule has 1 aromatic rings. The number of nitrogens with one attached hydrogen (secondary N) is 1. The van der Waals surface area contributed by atoms with Gasteiger partial charge in [-0.2, -0.15) is 0 Å². The molecule has 1 unspecified atom stereocenters. The van der Waals surface area contributed by atoms with E-state index in [1.54, 1.807) is 0 Å². The standard InChI is InChI=1S/C25H35N3O4/c1-25(2,3)32-24(31)27-13-10-17(11-14-27)16-28-12-4-5-19-15-18(6-8-21(19)28)20-7-9-22(29)26-23(20)30/h6,8,15,17,20H,4-5,7,9-14,16H2,1-3H3,(H,26,29,30). The van der Waals surface area contributed by atoms with Crippen molar-refractivity contribution in [1.82, 2.24) is 10.2 Å². The van der Waals surface area contributed by atoms with Gasteiger partial charge in [0, 0.05) is 38.3 Å². The summed E-state index contributed by atoms with van der Waals surface area (Å²) in [4.78, 5) is 40.4. The van der Waals surface area contributed by atoms with Crippen molar-refractivity contribution in [3.8, 4) is 0 Å². The summed E-state index contributed by atoms with van der Waals surface area (Å²) in [7, 11) is 0. The van der Waals surface area contributed by atoms with Crippen LogP contribution >= 0.6 is 0 Å². The predicted octanol–water partition coefficient (Wildman–Crippen LogP) is 3.61. The van der Waals surface area contributed by atoms with Crippen molar-refractivity contribution >= 4 is 23.6 Å². The number of anilines is 1. The van der Waals surface area contributed by atoms with Gasteiger partial charge in [0.1, 0.15) is 5.60 Å². The lowest BCUT2D eigenvalue weighted by Crippen LogP contribution is -2.44. The molecule has 2 saturated heterocycles. The van der Waals surface area contributed by atoms with Gasteiger partial charge >= 0.3 is 6.09 Å². The Bertz CT molecular complexity index is 884. The molecule has 0 bridgehead atoms. The number of amides is 3. The van der Waals surface area contributed by atoms with Gasteiger partial charge < -0.3 is 14.5 Å². The van der Waals surface area contributed by atoms with Gasteiger partial charge in [0.25, 0.3) is 0 Å². The predicted molar refractivity (Wildman–Crippen MR) is 123 cm³/mol. The zero-order valence-electron chi connectivity index (χ0n) is 19.5. The minimum absolute atomic E-state index is 0.173. The summed E-state index contributed by atoms with van der Waals surface area (Å²) in [5.74, 6) is -0.0290. The van der Waals surface area contributed by atoms with Crippen molar-refractivity contribution in [3.63, 3.8) is 0 Å². The first-order valence-electron chi connectivity index (χ1n) is 11.9. The van der Waals surface area contributed by atoms with Crippen molar-refractivity contribution in [2.45, 2.75) is 70.8 Å². The number of benzene rings is 1. The molecule has 7 heteroatoms. The first-order valence-corrected chi connectivity index (χ1v) is 11.9. The van der Waals surface area contributed by atoms with Gasteiger partial charge in [-0.3, -0.25) is 14.9 Å². The van der Waals surface area contributed by atoms with E-state index in [2.05, 4.69) is 28.4 Å². The molecule has 1 aromatic carbocycles. The number of hydrogen-bond acceptors (Lipinski definition) is 5. The summed E-state index contributed by atoms with van der Waals surface area (Å²) in [5.41, 5.74) is 3.12. The minimum Gasteiger partial charge on any atom is -0.444 e. The molecule has 174 valence electrons. The van der Waals surface area contributed by atoms with Crippen molar-refractivity contribution < 1.29 is 19.1 Å². The van der Waals surface area contributed by atoms with Crippen LogP contribution in [-0.2, 0) is 20.7 Å². The lowest BCUT2D eigenvalue weighted by atomic mass is 9.87. The number of carbonyl (C=O) groups excluding carboxylic acids is 3. The van der Waals surface area contributed by atoms with E-state index in [0.29, 0.717) is 18.8 Å². The van der Waals surface area contributed by atoms with Crippen LogP contribution in [0.2, 0.25) is 0 Å². The number of piperidine rings is 2. The molecule has 0 spiro atoms. The smallest absolute Gasteiger partial charge is 0.410 e. The van der Waals surface area contributed by atoms with E-state index in [9.17, 15) is 14.4 Å². The maximum Gasteiger partial charge on any atom is 0.410 e. The zero-order chi connectivity index (χ0) is 22.9. The van der Waals surface area contributed by atoms with Gasteiger partial charge in [0.05, 0.1) is 5.92 Å². The number of ether oxygens (including phenoxy) is 1. The third-order valence-corrected chi connectivity index (χ3v) is 6.70. The molecule has 7 nitrogen and oxygen atoms in total.